The van der Waals surface area contributed by atoms with E-state index in [-0.39, 0.29) is 0 Å². The Morgan fingerprint density at radius 1 is 1.02 bits per heavy atom. The minimum atomic E-state index is -1.51. The van der Waals surface area contributed by atoms with Crippen LogP contribution in [0.4, 0.5) is 11.8 Å². The molecular weight excluding hydrogens is 576 g/mol. The fourth-order valence-electron chi connectivity index (χ4n) is 6.46. The van der Waals surface area contributed by atoms with Crippen LogP contribution in [0.1, 0.15) is 63.1 Å². The summed E-state index contributed by atoms with van der Waals surface area (Å²) in [6, 6.07) is 16.5. The Balaban J connectivity index is 1.14. The Morgan fingerprint density at radius 3 is 2.51 bits per heavy atom. The summed E-state index contributed by atoms with van der Waals surface area (Å²) >= 11 is 6.22. The highest BCUT2D eigenvalue weighted by molar-refractivity contribution is 7.86. The second kappa shape index (κ2) is 13.3. The predicted octanol–water partition coefficient (Wildman–Crippen LogP) is 7.81. The number of hydrogen-bond donors (Lipinski definition) is 2. The summed E-state index contributed by atoms with van der Waals surface area (Å²) in [6.45, 7) is 5.40. The molecule has 2 aromatic carbocycles. The van der Waals surface area contributed by atoms with Crippen molar-refractivity contribution in [2.75, 3.05) is 23.6 Å². The van der Waals surface area contributed by atoms with Crippen LogP contribution in [0, 0.1) is 12.8 Å². The van der Waals surface area contributed by atoms with Crippen molar-refractivity contribution in [3.8, 4) is 11.1 Å². The van der Waals surface area contributed by atoms with Crippen molar-refractivity contribution in [2.24, 2.45) is 5.92 Å². The van der Waals surface area contributed by atoms with Gasteiger partial charge >= 0.3 is 0 Å². The SMILES string of the molecule is CCc1cc(-c2ccc(NS(=O)c3ccccc3Cl)nc2C)cc2cnc(NC3CCC(N(C)CC4CCC4)CC3)nc12. The van der Waals surface area contributed by atoms with E-state index in [1.54, 1.807) is 12.1 Å². The number of anilines is 2. The lowest BCUT2D eigenvalue weighted by Crippen LogP contribution is -2.41. The number of rotatable bonds is 10. The Kier molecular flexibility index (Phi) is 9.26. The molecule has 1 atom stereocenters. The molecule has 7 nitrogen and oxygen atoms in total. The van der Waals surface area contributed by atoms with Gasteiger partial charge in [0.2, 0.25) is 5.95 Å². The number of halogens is 1. The first-order valence-electron chi connectivity index (χ1n) is 15.6. The van der Waals surface area contributed by atoms with Gasteiger partial charge in [-0.2, -0.15) is 0 Å². The summed E-state index contributed by atoms with van der Waals surface area (Å²) in [5, 5.41) is 5.12. The molecule has 9 heteroatoms. The van der Waals surface area contributed by atoms with Gasteiger partial charge in [-0.05, 0) is 112 Å². The van der Waals surface area contributed by atoms with Crippen LogP contribution in [-0.4, -0.2) is 49.7 Å². The van der Waals surface area contributed by atoms with E-state index < -0.39 is 11.0 Å². The second-order valence-corrected chi connectivity index (χ2v) is 13.7. The largest absolute Gasteiger partial charge is 0.351 e. The van der Waals surface area contributed by atoms with Gasteiger partial charge in [-0.25, -0.2) is 19.2 Å². The molecule has 2 fully saturated rings. The Hall–Kier alpha value is -3.07. The molecule has 0 aliphatic heterocycles. The van der Waals surface area contributed by atoms with Gasteiger partial charge in [0.1, 0.15) is 5.82 Å². The minimum absolute atomic E-state index is 0.420. The molecule has 0 radical (unpaired) electrons. The smallest absolute Gasteiger partial charge is 0.223 e. The van der Waals surface area contributed by atoms with Crippen molar-refractivity contribution in [2.45, 2.75) is 82.2 Å². The molecule has 43 heavy (non-hydrogen) atoms. The molecule has 2 heterocycles. The number of nitrogens with one attached hydrogen (secondary N) is 2. The van der Waals surface area contributed by atoms with Crippen LogP contribution in [0.2, 0.25) is 5.02 Å². The zero-order valence-corrected chi connectivity index (χ0v) is 26.8. The highest BCUT2D eigenvalue weighted by atomic mass is 35.5. The van der Waals surface area contributed by atoms with Crippen molar-refractivity contribution in [3.05, 3.63) is 71.0 Å². The first kappa shape index (κ1) is 30.0. The van der Waals surface area contributed by atoms with Crippen LogP contribution >= 0.6 is 11.6 Å². The molecule has 0 bridgehead atoms. The Morgan fingerprint density at radius 2 is 1.81 bits per heavy atom. The first-order valence-corrected chi connectivity index (χ1v) is 17.1. The van der Waals surface area contributed by atoms with Gasteiger partial charge < -0.3 is 10.2 Å². The lowest BCUT2D eigenvalue weighted by atomic mass is 9.84. The topological polar surface area (TPSA) is 83.0 Å². The third kappa shape index (κ3) is 6.87. The summed E-state index contributed by atoms with van der Waals surface area (Å²) in [5.41, 5.74) is 5.11. The number of nitrogens with zero attached hydrogens (tertiary/aromatic N) is 4. The van der Waals surface area contributed by atoms with Gasteiger partial charge in [-0.1, -0.05) is 37.1 Å². The Bertz CT molecular complexity index is 1620. The maximum Gasteiger partial charge on any atom is 0.223 e. The number of benzene rings is 2. The highest BCUT2D eigenvalue weighted by Gasteiger charge is 2.27. The van der Waals surface area contributed by atoms with Crippen LogP contribution < -0.4 is 10.0 Å². The van der Waals surface area contributed by atoms with Crippen molar-refractivity contribution < 1.29 is 4.21 Å². The van der Waals surface area contributed by atoms with Crippen molar-refractivity contribution in [1.29, 1.82) is 0 Å². The first-order chi connectivity index (χ1) is 20.9. The van der Waals surface area contributed by atoms with E-state index in [0.29, 0.717) is 27.8 Å². The third-order valence-electron chi connectivity index (χ3n) is 9.20. The summed E-state index contributed by atoms with van der Waals surface area (Å²) in [4.78, 5) is 17.6. The maximum absolute atomic E-state index is 12.8. The molecule has 0 amide bonds. The quantitative estimate of drug-likeness (QED) is 0.189. The van der Waals surface area contributed by atoms with Crippen molar-refractivity contribution in [3.63, 3.8) is 0 Å². The maximum atomic E-state index is 12.8. The zero-order valence-electron chi connectivity index (χ0n) is 25.3. The molecule has 2 aliphatic carbocycles. The molecule has 226 valence electrons. The molecule has 2 aliphatic rings. The van der Waals surface area contributed by atoms with Gasteiger partial charge in [0.05, 0.1) is 15.4 Å². The summed E-state index contributed by atoms with van der Waals surface area (Å²) in [6.07, 6.45) is 11.8. The monoisotopic (exact) mass is 616 g/mol. The standard InChI is InChI=1S/C34H41ClN6OS/c1-4-24-18-25(29-16-17-32(37-22(29)2)40-43(42)31-11-6-5-10-30(31)35)19-26-20-36-34(39-33(24)26)38-27-12-14-28(15-13-27)41(3)21-23-8-7-9-23/h5-6,10-11,16-20,23,27-28H,4,7-9,12-15,21H2,1-3H3,(H,37,40)(H,36,38,39). The molecule has 2 saturated carbocycles. The van der Waals surface area contributed by atoms with Crippen molar-refractivity contribution in [1.82, 2.24) is 19.9 Å². The van der Waals surface area contributed by atoms with E-state index in [1.165, 1.54) is 44.2 Å². The number of hydrogen-bond acceptors (Lipinski definition) is 6. The van der Waals surface area contributed by atoms with Crippen LogP contribution in [0.25, 0.3) is 22.0 Å². The molecule has 0 spiro atoms. The lowest BCUT2D eigenvalue weighted by Gasteiger charge is -2.38. The number of fused-ring (bicyclic) bond motifs is 1. The van der Waals surface area contributed by atoms with Crippen LogP contribution in [-0.2, 0) is 17.4 Å². The minimum Gasteiger partial charge on any atom is -0.351 e. The number of pyridine rings is 1. The van der Waals surface area contributed by atoms with Crippen LogP contribution in [0.15, 0.2) is 59.6 Å². The van der Waals surface area contributed by atoms with E-state index in [1.807, 2.05) is 37.4 Å². The summed E-state index contributed by atoms with van der Waals surface area (Å²) in [7, 11) is 0.808. The van der Waals surface area contributed by atoms with Crippen LogP contribution in [0.5, 0.6) is 0 Å². The Labute approximate surface area is 262 Å². The highest BCUT2D eigenvalue weighted by Crippen LogP contribution is 2.32. The molecule has 1 unspecified atom stereocenters. The summed E-state index contributed by atoms with van der Waals surface area (Å²) in [5.74, 6) is 2.18. The fraction of sp³-hybridized carbons (Fsp3) is 0.441. The van der Waals surface area contributed by atoms with Gasteiger partial charge in [0, 0.05) is 41.5 Å². The molecule has 0 saturated heterocycles. The van der Waals surface area contributed by atoms with E-state index in [9.17, 15) is 4.21 Å². The van der Waals surface area contributed by atoms with Gasteiger partial charge in [-0.3, -0.25) is 4.72 Å². The summed E-state index contributed by atoms with van der Waals surface area (Å²) < 4.78 is 15.8. The van der Waals surface area contributed by atoms with E-state index >= 15 is 0 Å². The van der Waals surface area contributed by atoms with E-state index in [0.717, 1.165) is 58.9 Å². The molecule has 2 aromatic heterocycles. The zero-order chi connectivity index (χ0) is 29.9. The van der Waals surface area contributed by atoms with E-state index in [4.69, 9.17) is 26.6 Å². The normalized spacial score (nSPS) is 19.7. The molecule has 4 aromatic rings. The number of aryl methyl sites for hydroxylation is 2. The van der Waals surface area contributed by atoms with Crippen molar-refractivity contribution >= 4 is 45.3 Å². The second-order valence-electron chi connectivity index (χ2n) is 12.1. The lowest BCUT2D eigenvalue weighted by molar-refractivity contribution is 0.133. The predicted molar refractivity (Wildman–Crippen MR) is 178 cm³/mol. The average Bonchev–Trinajstić information content (AvgIpc) is 2.99. The van der Waals surface area contributed by atoms with Crippen LogP contribution in [0.3, 0.4) is 0 Å². The fourth-order valence-corrected chi connectivity index (χ4v) is 7.66. The molecular formula is C34H41ClN6OS. The van der Waals surface area contributed by atoms with Gasteiger partial charge in [0.15, 0.2) is 11.0 Å². The third-order valence-corrected chi connectivity index (χ3v) is 10.8. The molecule has 2 N–H and O–H groups in total. The number of aromatic nitrogens is 3. The molecule has 6 rings (SSSR count). The van der Waals surface area contributed by atoms with Gasteiger partial charge in [-0.15, -0.1) is 0 Å². The van der Waals surface area contributed by atoms with Gasteiger partial charge in [0.25, 0.3) is 0 Å². The van der Waals surface area contributed by atoms with E-state index in [2.05, 4.69) is 41.0 Å². The average molecular weight is 617 g/mol.